The molecule has 1 N–H and O–H groups in total. The summed E-state index contributed by atoms with van der Waals surface area (Å²) in [5.74, 6) is 0.669. The number of halogens is 1. The average molecular weight is 434 g/mol. The average Bonchev–Trinajstić information content (AvgIpc) is 3.43. The van der Waals surface area contributed by atoms with Crippen molar-refractivity contribution in [2.75, 3.05) is 11.9 Å². The zero-order valence-electron chi connectivity index (χ0n) is 16.0. The minimum absolute atomic E-state index is 0.00106. The Morgan fingerprint density at radius 3 is 2.84 bits per heavy atom. The number of thiazole rings is 1. The molecule has 5 rings (SSSR count). The number of nitrogens with one attached hydrogen (secondary N) is 1. The fourth-order valence-corrected chi connectivity index (χ4v) is 3.89. The lowest BCUT2D eigenvalue weighted by Crippen LogP contribution is -2.25. The molecule has 1 aliphatic rings. The van der Waals surface area contributed by atoms with Gasteiger partial charge in [-0.15, -0.1) is 11.3 Å². The van der Waals surface area contributed by atoms with Crippen LogP contribution in [-0.4, -0.2) is 23.4 Å². The van der Waals surface area contributed by atoms with Crippen LogP contribution in [0.5, 0.6) is 5.75 Å². The van der Waals surface area contributed by atoms with E-state index in [1.54, 1.807) is 47.5 Å². The van der Waals surface area contributed by atoms with Crippen LogP contribution in [0.15, 0.2) is 80.8 Å². The number of carbonyl (C=O) groups excluding carboxylic acids is 1. The van der Waals surface area contributed by atoms with Gasteiger partial charge >= 0.3 is 0 Å². The molecule has 7 nitrogen and oxygen atoms in total. The molecule has 0 saturated carbocycles. The molecule has 3 heterocycles. The monoisotopic (exact) mass is 434 g/mol. The first-order valence-electron chi connectivity index (χ1n) is 9.31. The molecule has 0 atom stereocenters. The molecule has 2 aromatic heterocycles. The molecular weight excluding hydrogens is 419 g/mol. The fourth-order valence-electron chi connectivity index (χ4n) is 3.03. The van der Waals surface area contributed by atoms with Crippen molar-refractivity contribution in [3.05, 3.63) is 82.6 Å². The first-order valence-corrected chi connectivity index (χ1v) is 10.2. The van der Waals surface area contributed by atoms with Gasteiger partial charge in [-0.1, -0.05) is 0 Å². The summed E-state index contributed by atoms with van der Waals surface area (Å²) in [6.07, 6.45) is 3.15. The number of nitrogens with zero attached hydrogens (tertiary/aromatic N) is 3. The van der Waals surface area contributed by atoms with Crippen molar-refractivity contribution in [1.82, 2.24) is 4.68 Å². The Balaban J connectivity index is 1.62. The maximum atomic E-state index is 13.3. The first kappa shape index (κ1) is 19.0. The molecule has 0 radical (unpaired) electrons. The molecule has 2 aromatic carbocycles. The summed E-state index contributed by atoms with van der Waals surface area (Å²) >= 11 is 1.38. The molecule has 154 valence electrons. The second-order valence-corrected chi connectivity index (χ2v) is 7.45. The van der Waals surface area contributed by atoms with Crippen LogP contribution in [0.25, 0.3) is 11.3 Å². The molecule has 0 fully saturated rings. The van der Waals surface area contributed by atoms with Gasteiger partial charge in [-0.05, 0) is 54.6 Å². The lowest BCUT2D eigenvalue weighted by atomic mass is 10.1. The highest BCUT2D eigenvalue weighted by Crippen LogP contribution is 2.33. The van der Waals surface area contributed by atoms with Crippen molar-refractivity contribution < 1.29 is 18.3 Å². The third-order valence-electron chi connectivity index (χ3n) is 4.49. The van der Waals surface area contributed by atoms with E-state index in [0.29, 0.717) is 27.7 Å². The molecule has 0 aliphatic carbocycles. The molecule has 9 heteroatoms. The summed E-state index contributed by atoms with van der Waals surface area (Å²) in [5, 5.41) is 9.27. The Morgan fingerprint density at radius 1 is 1.16 bits per heavy atom. The van der Waals surface area contributed by atoms with Crippen LogP contribution >= 0.6 is 11.3 Å². The van der Waals surface area contributed by atoms with Crippen LogP contribution in [0, 0.1) is 5.82 Å². The summed E-state index contributed by atoms with van der Waals surface area (Å²) in [7, 11) is 0. The van der Waals surface area contributed by atoms with E-state index in [1.165, 1.54) is 23.5 Å². The number of benzene rings is 2. The predicted molar refractivity (Wildman–Crippen MR) is 115 cm³/mol. The smallest absolute Gasteiger partial charge is 0.262 e. The van der Waals surface area contributed by atoms with Gasteiger partial charge in [0.1, 0.15) is 17.3 Å². The van der Waals surface area contributed by atoms with Crippen molar-refractivity contribution in [2.24, 2.45) is 10.1 Å². The molecule has 31 heavy (non-hydrogen) atoms. The topological polar surface area (TPSA) is 81.1 Å². The number of rotatable bonds is 4. The number of amides is 1. The van der Waals surface area contributed by atoms with Crippen LogP contribution in [0.2, 0.25) is 0 Å². The van der Waals surface area contributed by atoms with E-state index in [9.17, 15) is 9.18 Å². The largest absolute Gasteiger partial charge is 0.482 e. The summed E-state index contributed by atoms with van der Waals surface area (Å²) in [5.41, 5.74) is 2.77. The Labute approximate surface area is 179 Å². The predicted octanol–water partition coefficient (Wildman–Crippen LogP) is 4.39. The zero-order valence-corrected chi connectivity index (χ0v) is 16.8. The molecule has 0 saturated heterocycles. The van der Waals surface area contributed by atoms with E-state index in [0.717, 1.165) is 11.3 Å². The maximum absolute atomic E-state index is 13.3. The van der Waals surface area contributed by atoms with Gasteiger partial charge in [0.05, 0.1) is 29.5 Å². The highest BCUT2D eigenvalue weighted by atomic mass is 32.1. The number of anilines is 1. The molecular formula is C22H15FN4O3S. The molecule has 0 spiro atoms. The molecule has 0 unspecified atom stereocenters. The Hall–Kier alpha value is -3.98. The van der Waals surface area contributed by atoms with Gasteiger partial charge in [0.15, 0.2) is 6.61 Å². The minimum Gasteiger partial charge on any atom is -0.482 e. The Bertz CT molecular complexity index is 1340. The quantitative estimate of drug-likeness (QED) is 0.484. The van der Waals surface area contributed by atoms with Gasteiger partial charge in [0, 0.05) is 10.9 Å². The third kappa shape index (κ3) is 4.03. The van der Waals surface area contributed by atoms with Crippen LogP contribution < -0.4 is 14.9 Å². The first-order chi connectivity index (χ1) is 15.2. The normalized spacial score (nSPS) is 13.8. The number of hydrogen-bond acceptors (Lipinski definition) is 6. The summed E-state index contributed by atoms with van der Waals surface area (Å²) in [6, 6.07) is 15.0. The van der Waals surface area contributed by atoms with Crippen LogP contribution in [0.4, 0.5) is 15.8 Å². The van der Waals surface area contributed by atoms with Crippen molar-refractivity contribution >= 4 is 34.8 Å². The van der Waals surface area contributed by atoms with E-state index in [2.05, 4.69) is 15.4 Å². The van der Waals surface area contributed by atoms with E-state index >= 15 is 0 Å². The number of hydrogen-bond donors (Lipinski definition) is 1. The van der Waals surface area contributed by atoms with Crippen molar-refractivity contribution in [3.63, 3.8) is 0 Å². The van der Waals surface area contributed by atoms with Gasteiger partial charge in [0.25, 0.3) is 5.91 Å². The van der Waals surface area contributed by atoms with E-state index in [4.69, 9.17) is 9.15 Å². The number of aromatic nitrogens is 1. The zero-order chi connectivity index (χ0) is 21.2. The van der Waals surface area contributed by atoms with E-state index in [-0.39, 0.29) is 18.3 Å². The van der Waals surface area contributed by atoms with Gasteiger partial charge in [-0.3, -0.25) is 4.79 Å². The van der Waals surface area contributed by atoms with Crippen molar-refractivity contribution in [3.8, 4) is 17.0 Å². The molecule has 4 aromatic rings. The van der Waals surface area contributed by atoms with Gasteiger partial charge in [-0.25, -0.2) is 14.1 Å². The van der Waals surface area contributed by atoms with Gasteiger partial charge in [-0.2, -0.15) is 5.10 Å². The Morgan fingerprint density at radius 2 is 2.03 bits per heavy atom. The minimum atomic E-state index is -0.326. The van der Waals surface area contributed by atoms with Crippen LogP contribution in [-0.2, 0) is 4.79 Å². The summed E-state index contributed by atoms with van der Waals surface area (Å²) in [4.78, 5) is 16.9. The molecule has 0 bridgehead atoms. The standard InChI is InChI=1S/C22H15FN4O3S/c23-15-4-6-16(7-5-15)25-22-27(24-11-17-2-1-9-29-17)19(13-31-22)14-3-8-20-18(10-14)26-21(28)12-30-20/h1-11,13H,12H2,(H,26,28). The number of carbonyl (C=O) groups is 1. The Kier molecular flexibility index (Phi) is 4.93. The highest BCUT2D eigenvalue weighted by Gasteiger charge is 2.18. The number of furan rings is 1. The molecule has 1 amide bonds. The van der Waals surface area contributed by atoms with Crippen molar-refractivity contribution in [2.45, 2.75) is 0 Å². The number of ether oxygens (including phenoxy) is 1. The van der Waals surface area contributed by atoms with Gasteiger partial charge in [0.2, 0.25) is 4.80 Å². The second kappa shape index (κ2) is 8.04. The lowest BCUT2D eigenvalue weighted by molar-refractivity contribution is -0.118. The third-order valence-corrected chi connectivity index (χ3v) is 5.30. The highest BCUT2D eigenvalue weighted by molar-refractivity contribution is 7.07. The van der Waals surface area contributed by atoms with Crippen LogP contribution in [0.1, 0.15) is 5.76 Å². The molecule has 1 aliphatic heterocycles. The maximum Gasteiger partial charge on any atom is 0.262 e. The number of fused-ring (bicyclic) bond motifs is 1. The SMILES string of the molecule is O=C1COc2ccc(-c3csc(=Nc4ccc(F)cc4)n3N=Cc3ccco3)cc2N1. The second-order valence-electron chi connectivity index (χ2n) is 6.61. The van der Waals surface area contributed by atoms with Crippen molar-refractivity contribution in [1.29, 1.82) is 0 Å². The fraction of sp³-hybridized carbons (Fsp3) is 0.0455. The summed E-state index contributed by atoms with van der Waals surface area (Å²) < 4.78 is 25.7. The van der Waals surface area contributed by atoms with Crippen LogP contribution in [0.3, 0.4) is 0 Å². The van der Waals surface area contributed by atoms with E-state index < -0.39 is 0 Å². The van der Waals surface area contributed by atoms with E-state index in [1.807, 2.05) is 17.5 Å². The summed E-state index contributed by atoms with van der Waals surface area (Å²) in [6.45, 7) is -0.00106. The van der Waals surface area contributed by atoms with Gasteiger partial charge < -0.3 is 14.5 Å². The lowest BCUT2D eigenvalue weighted by Gasteiger charge is -2.18.